The van der Waals surface area contributed by atoms with E-state index >= 15 is 0 Å². The topological polar surface area (TPSA) is 95.0 Å². The van der Waals surface area contributed by atoms with Gasteiger partial charge in [-0.2, -0.15) is 4.31 Å². The van der Waals surface area contributed by atoms with Crippen LogP contribution in [-0.2, 0) is 14.8 Å². The maximum Gasteiger partial charge on any atom is 0.335 e. The molecule has 0 unspecified atom stereocenters. The summed E-state index contributed by atoms with van der Waals surface area (Å²) in [4.78, 5) is 25.8. The van der Waals surface area contributed by atoms with Crippen molar-refractivity contribution >= 4 is 21.9 Å². The van der Waals surface area contributed by atoms with Crippen LogP contribution >= 0.6 is 0 Å². The summed E-state index contributed by atoms with van der Waals surface area (Å²) in [6.45, 7) is 5.54. The maximum absolute atomic E-state index is 12.8. The number of piperidine rings is 1. The first-order valence-electron chi connectivity index (χ1n) is 9.28. The molecule has 2 aliphatic heterocycles. The standard InChI is InChI=1S/C19H26N2O5S/c1-19(2)10-3-11-21(19)17(22)14-8-12-20(13-9-14)27(25,26)16-6-4-15(5-7-16)18(23)24/h4-7,14H,3,8-13H2,1-2H3,(H,23,24). The third-order valence-electron chi connectivity index (χ3n) is 5.71. The number of likely N-dealkylation sites (tertiary alicyclic amines) is 1. The largest absolute Gasteiger partial charge is 0.478 e. The normalized spacial score (nSPS) is 21.3. The van der Waals surface area contributed by atoms with Gasteiger partial charge in [0.2, 0.25) is 15.9 Å². The maximum atomic E-state index is 12.8. The van der Waals surface area contributed by atoms with E-state index in [1.807, 2.05) is 4.90 Å². The Morgan fingerprint density at radius 2 is 1.67 bits per heavy atom. The van der Waals surface area contributed by atoms with Gasteiger partial charge >= 0.3 is 5.97 Å². The molecule has 1 amide bonds. The first kappa shape index (κ1) is 19.8. The number of carbonyl (C=O) groups is 2. The molecule has 2 heterocycles. The van der Waals surface area contributed by atoms with Gasteiger partial charge in [-0.3, -0.25) is 4.79 Å². The molecule has 1 aromatic carbocycles. The average molecular weight is 394 g/mol. The lowest BCUT2D eigenvalue weighted by atomic mass is 9.94. The number of hydrogen-bond donors (Lipinski definition) is 1. The van der Waals surface area contributed by atoms with Crippen LogP contribution in [0.2, 0.25) is 0 Å². The molecule has 2 saturated heterocycles. The van der Waals surface area contributed by atoms with Crippen LogP contribution in [0.15, 0.2) is 29.2 Å². The molecule has 0 atom stereocenters. The number of aromatic carboxylic acids is 1. The Bertz CT molecular complexity index is 824. The number of rotatable bonds is 4. The third kappa shape index (κ3) is 3.87. The summed E-state index contributed by atoms with van der Waals surface area (Å²) < 4.78 is 27.0. The fourth-order valence-corrected chi connectivity index (χ4v) is 5.47. The Balaban J connectivity index is 1.66. The number of benzene rings is 1. The van der Waals surface area contributed by atoms with Crippen molar-refractivity contribution in [3.8, 4) is 0 Å². The number of nitrogens with zero attached hydrogens (tertiary/aromatic N) is 2. The van der Waals surface area contributed by atoms with Crippen molar-refractivity contribution in [1.82, 2.24) is 9.21 Å². The number of hydrogen-bond acceptors (Lipinski definition) is 4. The minimum atomic E-state index is -3.68. The average Bonchev–Trinajstić information content (AvgIpc) is 3.00. The summed E-state index contributed by atoms with van der Waals surface area (Å²) in [6, 6.07) is 5.23. The number of amides is 1. The highest BCUT2D eigenvalue weighted by atomic mass is 32.2. The van der Waals surface area contributed by atoms with Gasteiger partial charge in [0.25, 0.3) is 0 Å². The SMILES string of the molecule is CC1(C)CCCN1C(=O)C1CCN(S(=O)(=O)c2ccc(C(=O)O)cc2)CC1. The molecule has 148 valence electrons. The van der Waals surface area contributed by atoms with Crippen LogP contribution in [0, 0.1) is 5.92 Å². The quantitative estimate of drug-likeness (QED) is 0.845. The molecule has 1 aromatic rings. The predicted octanol–water partition coefficient (Wildman–Crippen LogP) is 2.19. The van der Waals surface area contributed by atoms with E-state index in [1.54, 1.807) is 0 Å². The van der Waals surface area contributed by atoms with Gasteiger partial charge in [-0.05, 0) is 63.8 Å². The summed E-state index contributed by atoms with van der Waals surface area (Å²) in [6.07, 6.45) is 3.03. The van der Waals surface area contributed by atoms with Gasteiger partial charge in [0, 0.05) is 31.1 Å². The molecular weight excluding hydrogens is 368 g/mol. The van der Waals surface area contributed by atoms with Crippen molar-refractivity contribution in [1.29, 1.82) is 0 Å². The summed E-state index contributed by atoms with van der Waals surface area (Å²) >= 11 is 0. The molecule has 0 radical (unpaired) electrons. The van der Waals surface area contributed by atoms with Crippen molar-refractivity contribution in [3.05, 3.63) is 29.8 Å². The molecule has 0 bridgehead atoms. The fourth-order valence-electron chi connectivity index (χ4n) is 4.00. The molecule has 0 aromatic heterocycles. The lowest BCUT2D eigenvalue weighted by Crippen LogP contribution is -2.48. The van der Waals surface area contributed by atoms with Gasteiger partial charge in [-0.1, -0.05) is 0 Å². The number of carboxylic acid groups (broad SMARTS) is 1. The number of carboxylic acids is 1. The van der Waals surface area contributed by atoms with E-state index in [2.05, 4.69) is 13.8 Å². The zero-order valence-corrected chi connectivity index (χ0v) is 16.5. The summed E-state index contributed by atoms with van der Waals surface area (Å²) in [7, 11) is -3.68. The Morgan fingerprint density at radius 1 is 1.07 bits per heavy atom. The molecule has 2 aliphatic rings. The van der Waals surface area contributed by atoms with Gasteiger partial charge in [0.15, 0.2) is 0 Å². The van der Waals surface area contributed by atoms with E-state index in [1.165, 1.54) is 28.6 Å². The Kier molecular flexibility index (Phi) is 5.31. The van der Waals surface area contributed by atoms with Gasteiger partial charge in [0.1, 0.15) is 0 Å². The van der Waals surface area contributed by atoms with Gasteiger partial charge in [0.05, 0.1) is 10.5 Å². The highest BCUT2D eigenvalue weighted by molar-refractivity contribution is 7.89. The molecular formula is C19H26N2O5S. The van der Waals surface area contributed by atoms with Crippen LogP contribution in [0.3, 0.4) is 0 Å². The van der Waals surface area contributed by atoms with E-state index in [0.29, 0.717) is 25.9 Å². The third-order valence-corrected chi connectivity index (χ3v) is 7.62. The van der Waals surface area contributed by atoms with Gasteiger partial charge in [-0.15, -0.1) is 0 Å². The predicted molar refractivity (Wildman–Crippen MR) is 99.9 cm³/mol. The fraction of sp³-hybridized carbons (Fsp3) is 0.579. The summed E-state index contributed by atoms with van der Waals surface area (Å²) in [5, 5.41) is 8.94. The van der Waals surface area contributed by atoms with E-state index in [-0.39, 0.29) is 27.8 Å². The monoisotopic (exact) mass is 394 g/mol. The summed E-state index contributed by atoms with van der Waals surface area (Å²) in [5.74, 6) is -1.09. The number of carbonyl (C=O) groups excluding carboxylic acids is 1. The van der Waals surface area contributed by atoms with Crippen LogP contribution in [0.5, 0.6) is 0 Å². The van der Waals surface area contributed by atoms with Crippen molar-refractivity contribution < 1.29 is 23.1 Å². The van der Waals surface area contributed by atoms with Crippen LogP contribution in [-0.4, -0.2) is 59.8 Å². The Hall–Kier alpha value is -1.93. The van der Waals surface area contributed by atoms with E-state index in [4.69, 9.17) is 5.11 Å². The number of sulfonamides is 1. The molecule has 2 fully saturated rings. The smallest absolute Gasteiger partial charge is 0.335 e. The second-order valence-electron chi connectivity index (χ2n) is 7.91. The van der Waals surface area contributed by atoms with Crippen molar-refractivity contribution in [2.45, 2.75) is 50.0 Å². The highest BCUT2D eigenvalue weighted by Crippen LogP contribution is 2.32. The molecule has 0 spiro atoms. The molecule has 27 heavy (non-hydrogen) atoms. The zero-order chi connectivity index (χ0) is 19.8. The first-order chi connectivity index (χ1) is 12.6. The minimum Gasteiger partial charge on any atom is -0.478 e. The molecule has 1 N–H and O–H groups in total. The van der Waals surface area contributed by atoms with E-state index in [0.717, 1.165) is 19.4 Å². The Morgan fingerprint density at radius 3 is 2.15 bits per heavy atom. The van der Waals surface area contributed by atoms with Crippen molar-refractivity contribution in [3.63, 3.8) is 0 Å². The summed E-state index contributed by atoms with van der Waals surface area (Å²) in [5.41, 5.74) is -0.0712. The lowest BCUT2D eigenvalue weighted by Gasteiger charge is -2.37. The molecule has 7 nitrogen and oxygen atoms in total. The Labute approximate surface area is 160 Å². The minimum absolute atomic E-state index is 0.0477. The van der Waals surface area contributed by atoms with Gasteiger partial charge < -0.3 is 10.0 Å². The van der Waals surface area contributed by atoms with Crippen molar-refractivity contribution in [2.24, 2.45) is 5.92 Å². The van der Waals surface area contributed by atoms with E-state index in [9.17, 15) is 18.0 Å². The van der Waals surface area contributed by atoms with Crippen LogP contribution in [0.25, 0.3) is 0 Å². The second-order valence-corrected chi connectivity index (χ2v) is 9.85. The molecule has 8 heteroatoms. The molecule has 3 rings (SSSR count). The van der Waals surface area contributed by atoms with E-state index < -0.39 is 16.0 Å². The second kappa shape index (κ2) is 7.24. The highest BCUT2D eigenvalue weighted by Gasteiger charge is 2.40. The van der Waals surface area contributed by atoms with Crippen molar-refractivity contribution in [2.75, 3.05) is 19.6 Å². The lowest BCUT2D eigenvalue weighted by molar-refractivity contribution is -0.140. The zero-order valence-electron chi connectivity index (χ0n) is 15.7. The molecule has 0 aliphatic carbocycles. The van der Waals surface area contributed by atoms with Crippen LogP contribution < -0.4 is 0 Å². The molecule has 0 saturated carbocycles. The van der Waals surface area contributed by atoms with Gasteiger partial charge in [-0.25, -0.2) is 13.2 Å². The van der Waals surface area contributed by atoms with Crippen LogP contribution in [0.4, 0.5) is 0 Å². The first-order valence-corrected chi connectivity index (χ1v) is 10.7. The van der Waals surface area contributed by atoms with Crippen LogP contribution in [0.1, 0.15) is 49.9 Å².